The molecule has 2 unspecified atom stereocenters. The summed E-state index contributed by atoms with van der Waals surface area (Å²) >= 11 is 0. The molecule has 144 valence electrons. The van der Waals surface area contributed by atoms with Crippen LogP contribution in [0, 0.1) is 11.6 Å². The molecule has 1 N–H and O–H groups in total. The Morgan fingerprint density at radius 2 is 1.81 bits per heavy atom. The first-order valence-corrected chi connectivity index (χ1v) is 9.13. The van der Waals surface area contributed by atoms with Gasteiger partial charge in [0.2, 0.25) is 0 Å². The number of rotatable bonds is 4. The number of hydrogen-bond acceptors (Lipinski definition) is 4. The first-order valence-electron chi connectivity index (χ1n) is 9.13. The fourth-order valence-electron chi connectivity index (χ4n) is 4.43. The number of methoxy groups -OCH3 is 1. The van der Waals surface area contributed by atoms with Gasteiger partial charge in [0.15, 0.2) is 11.6 Å². The molecule has 0 radical (unpaired) electrons. The molecular formula is C21H23F2NO3. The molecular weight excluding hydrogens is 352 g/mol. The number of benzene rings is 2. The molecule has 27 heavy (non-hydrogen) atoms. The third kappa shape index (κ3) is 3.45. The number of hydrogen-bond donors (Lipinski definition) is 1. The van der Waals surface area contributed by atoms with E-state index in [1.54, 1.807) is 0 Å². The van der Waals surface area contributed by atoms with Crippen LogP contribution in [-0.4, -0.2) is 42.4 Å². The number of piperidine rings is 1. The van der Waals surface area contributed by atoms with Crippen LogP contribution >= 0.6 is 0 Å². The summed E-state index contributed by atoms with van der Waals surface area (Å²) in [4.78, 5) is 2.33. The van der Waals surface area contributed by atoms with Crippen molar-refractivity contribution in [2.24, 2.45) is 0 Å². The van der Waals surface area contributed by atoms with Gasteiger partial charge in [0.1, 0.15) is 5.82 Å². The number of fused-ring (bicyclic) bond motifs is 2. The average molecular weight is 375 g/mol. The number of aliphatic hydroxyl groups is 1. The van der Waals surface area contributed by atoms with Gasteiger partial charge in [-0.25, -0.2) is 8.78 Å². The molecule has 0 aromatic heterocycles. The maximum atomic E-state index is 14.2. The van der Waals surface area contributed by atoms with Crippen LogP contribution in [-0.2, 0) is 16.9 Å². The van der Waals surface area contributed by atoms with E-state index < -0.39 is 17.2 Å². The van der Waals surface area contributed by atoms with Crippen molar-refractivity contribution < 1.29 is 23.4 Å². The van der Waals surface area contributed by atoms with E-state index in [1.165, 1.54) is 18.7 Å². The average Bonchev–Trinajstić information content (AvgIpc) is 2.63. The lowest BCUT2D eigenvalue weighted by Crippen LogP contribution is -2.60. The van der Waals surface area contributed by atoms with Gasteiger partial charge in [-0.05, 0) is 24.5 Å². The number of morpholine rings is 1. The lowest BCUT2D eigenvalue weighted by molar-refractivity contribution is -0.150. The number of nitrogens with zero attached hydrogens (tertiary/aromatic N) is 1. The summed E-state index contributed by atoms with van der Waals surface area (Å²) in [6.45, 7) is 1.71. The first kappa shape index (κ1) is 18.3. The van der Waals surface area contributed by atoms with Gasteiger partial charge in [0.05, 0.1) is 25.9 Å². The molecule has 2 aromatic carbocycles. The summed E-state index contributed by atoms with van der Waals surface area (Å²) < 4.78 is 38.9. The van der Waals surface area contributed by atoms with E-state index in [-0.39, 0.29) is 23.4 Å². The second-order valence-electron chi connectivity index (χ2n) is 7.41. The predicted octanol–water partition coefficient (Wildman–Crippen LogP) is 3.22. The standard InChI is InChI=1S/C21H23F2NO3/c1-26-20-18(7-15(22)8-19(20)23)21(25)9-16-12-27-13-17(10-21)24(16)11-14-5-3-2-4-6-14/h2-8,16-17,25H,9-13H2,1H3. The van der Waals surface area contributed by atoms with Gasteiger partial charge in [-0.15, -0.1) is 0 Å². The summed E-state index contributed by atoms with van der Waals surface area (Å²) in [5, 5.41) is 11.4. The Morgan fingerprint density at radius 3 is 2.44 bits per heavy atom. The summed E-state index contributed by atoms with van der Waals surface area (Å²) in [5.41, 5.74) is 0.00797. The Labute approximate surface area is 157 Å². The summed E-state index contributed by atoms with van der Waals surface area (Å²) in [6.07, 6.45) is 0.658. The molecule has 2 aromatic rings. The van der Waals surface area contributed by atoms with Crippen LogP contribution < -0.4 is 4.74 Å². The SMILES string of the molecule is COc1c(F)cc(F)cc1C1(O)CC2COCC(C1)N2Cc1ccccc1. The molecule has 0 spiro atoms. The Hall–Kier alpha value is -2.02. The van der Waals surface area contributed by atoms with Crippen LogP contribution in [0.5, 0.6) is 5.75 Å². The molecule has 2 atom stereocenters. The van der Waals surface area contributed by atoms with E-state index >= 15 is 0 Å². The second kappa shape index (κ2) is 7.19. The normalized spacial score (nSPS) is 28.1. The third-order valence-corrected chi connectivity index (χ3v) is 5.63. The molecule has 2 heterocycles. The molecule has 4 nitrogen and oxygen atoms in total. The zero-order chi connectivity index (χ0) is 19.0. The van der Waals surface area contributed by atoms with Crippen molar-refractivity contribution >= 4 is 0 Å². The van der Waals surface area contributed by atoms with Gasteiger partial charge >= 0.3 is 0 Å². The molecule has 2 saturated heterocycles. The molecule has 0 amide bonds. The molecule has 0 aliphatic carbocycles. The van der Waals surface area contributed by atoms with Gasteiger partial charge in [0.25, 0.3) is 0 Å². The molecule has 2 fully saturated rings. The minimum Gasteiger partial charge on any atom is -0.493 e. The maximum Gasteiger partial charge on any atom is 0.168 e. The summed E-state index contributed by atoms with van der Waals surface area (Å²) in [6, 6.07) is 12.0. The molecule has 2 bridgehead atoms. The van der Waals surface area contributed by atoms with Crippen molar-refractivity contribution in [2.75, 3.05) is 20.3 Å². The van der Waals surface area contributed by atoms with Crippen LogP contribution in [0.3, 0.4) is 0 Å². The number of ether oxygens (including phenoxy) is 2. The lowest BCUT2D eigenvalue weighted by atomic mass is 9.76. The highest BCUT2D eigenvalue weighted by Crippen LogP contribution is 2.45. The van der Waals surface area contributed by atoms with Crippen molar-refractivity contribution in [1.29, 1.82) is 0 Å². The van der Waals surface area contributed by atoms with E-state index in [9.17, 15) is 13.9 Å². The molecule has 2 aliphatic heterocycles. The Kier molecular flexibility index (Phi) is 4.88. The third-order valence-electron chi connectivity index (χ3n) is 5.63. The van der Waals surface area contributed by atoms with Gasteiger partial charge < -0.3 is 14.6 Å². The minimum absolute atomic E-state index is 0.0428. The molecule has 2 aliphatic rings. The summed E-state index contributed by atoms with van der Waals surface area (Å²) in [5.74, 6) is -1.60. The van der Waals surface area contributed by atoms with Gasteiger partial charge in [0, 0.05) is 30.3 Å². The van der Waals surface area contributed by atoms with Crippen molar-refractivity contribution in [3.05, 3.63) is 65.2 Å². The minimum atomic E-state index is -1.36. The highest BCUT2D eigenvalue weighted by atomic mass is 19.1. The van der Waals surface area contributed by atoms with Gasteiger partial charge in [-0.2, -0.15) is 0 Å². The Balaban J connectivity index is 1.65. The van der Waals surface area contributed by atoms with Gasteiger partial charge in [-0.1, -0.05) is 30.3 Å². The smallest absolute Gasteiger partial charge is 0.168 e. The number of halogens is 2. The summed E-state index contributed by atoms with van der Waals surface area (Å²) in [7, 11) is 1.33. The van der Waals surface area contributed by atoms with Crippen LogP contribution in [0.1, 0.15) is 24.0 Å². The van der Waals surface area contributed by atoms with E-state index in [0.717, 1.165) is 12.6 Å². The first-order chi connectivity index (χ1) is 13.0. The molecule has 4 rings (SSSR count). The van der Waals surface area contributed by atoms with E-state index in [4.69, 9.17) is 9.47 Å². The van der Waals surface area contributed by atoms with Crippen LogP contribution in [0.15, 0.2) is 42.5 Å². The second-order valence-corrected chi connectivity index (χ2v) is 7.41. The molecule has 6 heteroatoms. The van der Waals surface area contributed by atoms with Crippen molar-refractivity contribution in [2.45, 2.75) is 37.1 Å². The van der Waals surface area contributed by atoms with Crippen LogP contribution in [0.4, 0.5) is 8.78 Å². The largest absolute Gasteiger partial charge is 0.493 e. The zero-order valence-corrected chi connectivity index (χ0v) is 15.2. The fraction of sp³-hybridized carbons (Fsp3) is 0.429. The highest BCUT2D eigenvalue weighted by molar-refractivity contribution is 5.41. The fourth-order valence-corrected chi connectivity index (χ4v) is 4.43. The van der Waals surface area contributed by atoms with E-state index in [2.05, 4.69) is 17.0 Å². The predicted molar refractivity (Wildman–Crippen MR) is 96.4 cm³/mol. The Bertz CT molecular complexity index is 801. The van der Waals surface area contributed by atoms with Crippen LogP contribution in [0.2, 0.25) is 0 Å². The maximum absolute atomic E-state index is 14.2. The van der Waals surface area contributed by atoms with Crippen molar-refractivity contribution in [3.8, 4) is 5.75 Å². The molecule has 0 saturated carbocycles. The van der Waals surface area contributed by atoms with Crippen molar-refractivity contribution in [3.63, 3.8) is 0 Å². The highest BCUT2D eigenvalue weighted by Gasteiger charge is 2.48. The van der Waals surface area contributed by atoms with E-state index in [1.807, 2.05) is 18.2 Å². The van der Waals surface area contributed by atoms with Gasteiger partial charge in [-0.3, -0.25) is 4.90 Å². The topological polar surface area (TPSA) is 41.9 Å². The zero-order valence-electron chi connectivity index (χ0n) is 15.2. The lowest BCUT2D eigenvalue weighted by Gasteiger charge is -2.52. The van der Waals surface area contributed by atoms with Crippen molar-refractivity contribution in [1.82, 2.24) is 4.90 Å². The monoisotopic (exact) mass is 375 g/mol. The van der Waals surface area contributed by atoms with E-state index in [0.29, 0.717) is 26.1 Å². The quantitative estimate of drug-likeness (QED) is 0.891. The Morgan fingerprint density at radius 1 is 1.15 bits per heavy atom. The van der Waals surface area contributed by atoms with Crippen LogP contribution in [0.25, 0.3) is 0 Å².